The van der Waals surface area contributed by atoms with E-state index in [-0.39, 0.29) is 11.9 Å². The molecule has 0 radical (unpaired) electrons. The molecule has 3 rings (SSSR count). The molecule has 0 fully saturated rings. The first-order valence-corrected chi connectivity index (χ1v) is 11.0. The van der Waals surface area contributed by atoms with E-state index in [1.807, 2.05) is 54.8 Å². The van der Waals surface area contributed by atoms with Crippen LogP contribution in [0, 0.1) is 6.92 Å². The standard InChI is InChI=1S/C21H22Cl2N4OS/c1-13-9-10-17(23)11-18(13)27-19(15(3)24-20(28)14(2)22)25-26-21(27)29-12-16-7-5-4-6-8-16/h4-11,14-15H,12H2,1-3H3,(H,24,28). The Morgan fingerprint density at radius 1 is 1.17 bits per heavy atom. The van der Waals surface area contributed by atoms with Crippen molar-refractivity contribution in [2.45, 2.75) is 43.1 Å². The van der Waals surface area contributed by atoms with Crippen LogP contribution in [0.3, 0.4) is 0 Å². The second kappa shape index (κ2) is 9.65. The molecule has 2 unspecified atom stereocenters. The summed E-state index contributed by atoms with van der Waals surface area (Å²) in [6.07, 6.45) is 0. The smallest absolute Gasteiger partial charge is 0.238 e. The van der Waals surface area contributed by atoms with Crippen molar-refractivity contribution in [2.24, 2.45) is 0 Å². The maximum absolute atomic E-state index is 12.1. The fourth-order valence-electron chi connectivity index (χ4n) is 2.82. The zero-order chi connectivity index (χ0) is 21.0. The van der Waals surface area contributed by atoms with Gasteiger partial charge < -0.3 is 5.32 Å². The Labute approximate surface area is 184 Å². The van der Waals surface area contributed by atoms with Gasteiger partial charge in [-0.15, -0.1) is 21.8 Å². The molecule has 3 aromatic rings. The van der Waals surface area contributed by atoms with E-state index in [1.165, 1.54) is 5.56 Å². The van der Waals surface area contributed by atoms with E-state index in [4.69, 9.17) is 23.2 Å². The van der Waals surface area contributed by atoms with Crippen molar-refractivity contribution in [3.05, 3.63) is 70.5 Å². The van der Waals surface area contributed by atoms with E-state index in [2.05, 4.69) is 27.6 Å². The van der Waals surface area contributed by atoms with Gasteiger partial charge >= 0.3 is 0 Å². The summed E-state index contributed by atoms with van der Waals surface area (Å²) in [5.41, 5.74) is 3.10. The molecule has 8 heteroatoms. The van der Waals surface area contributed by atoms with Gasteiger partial charge in [-0.1, -0.05) is 59.8 Å². The molecule has 0 aliphatic carbocycles. The van der Waals surface area contributed by atoms with Crippen molar-refractivity contribution >= 4 is 40.9 Å². The van der Waals surface area contributed by atoms with Gasteiger partial charge in [0, 0.05) is 10.8 Å². The number of nitrogens with zero attached hydrogens (tertiary/aromatic N) is 3. The van der Waals surface area contributed by atoms with Crippen LogP contribution in [-0.4, -0.2) is 26.0 Å². The van der Waals surface area contributed by atoms with Gasteiger partial charge in [0.1, 0.15) is 5.38 Å². The highest BCUT2D eigenvalue weighted by molar-refractivity contribution is 7.98. The van der Waals surface area contributed by atoms with Crippen LogP contribution in [0.2, 0.25) is 5.02 Å². The van der Waals surface area contributed by atoms with Gasteiger partial charge in [0.2, 0.25) is 5.91 Å². The second-order valence-corrected chi connectivity index (χ2v) is 8.76. The number of hydrogen-bond acceptors (Lipinski definition) is 4. The van der Waals surface area contributed by atoms with Crippen molar-refractivity contribution in [3.8, 4) is 5.69 Å². The molecule has 29 heavy (non-hydrogen) atoms. The summed E-state index contributed by atoms with van der Waals surface area (Å²) in [6.45, 7) is 5.50. The number of carbonyl (C=O) groups excluding carboxylic acids is 1. The SMILES string of the molecule is Cc1ccc(Cl)cc1-n1c(SCc2ccccc2)nnc1C(C)NC(=O)C(C)Cl. The first-order valence-electron chi connectivity index (χ1n) is 9.20. The number of hydrogen-bond donors (Lipinski definition) is 1. The quantitative estimate of drug-likeness (QED) is 0.392. The number of thioether (sulfide) groups is 1. The molecule has 152 valence electrons. The summed E-state index contributed by atoms with van der Waals surface area (Å²) in [6, 6.07) is 15.5. The third-order valence-electron chi connectivity index (χ3n) is 4.39. The van der Waals surface area contributed by atoms with Crippen LogP contribution in [0.1, 0.15) is 36.8 Å². The highest BCUT2D eigenvalue weighted by Gasteiger charge is 2.23. The summed E-state index contributed by atoms with van der Waals surface area (Å²) in [5.74, 6) is 1.12. The molecule has 0 spiro atoms. The lowest BCUT2D eigenvalue weighted by Gasteiger charge is -2.18. The van der Waals surface area contributed by atoms with Gasteiger partial charge in [0.25, 0.3) is 0 Å². The van der Waals surface area contributed by atoms with Gasteiger partial charge in [-0.25, -0.2) is 0 Å². The van der Waals surface area contributed by atoms with Gasteiger partial charge in [0.15, 0.2) is 11.0 Å². The zero-order valence-electron chi connectivity index (χ0n) is 16.4. The van der Waals surface area contributed by atoms with Crippen LogP contribution in [0.4, 0.5) is 0 Å². The van der Waals surface area contributed by atoms with E-state index in [1.54, 1.807) is 18.7 Å². The lowest BCUT2D eigenvalue weighted by molar-refractivity contribution is -0.121. The molecule has 0 saturated carbocycles. The molecular formula is C21H22Cl2N4OS. The molecule has 1 aromatic heterocycles. The summed E-state index contributed by atoms with van der Waals surface area (Å²) in [7, 11) is 0. The molecule has 2 atom stereocenters. The van der Waals surface area contributed by atoms with Crippen LogP contribution < -0.4 is 5.32 Å². The van der Waals surface area contributed by atoms with Gasteiger partial charge in [-0.2, -0.15) is 0 Å². The lowest BCUT2D eigenvalue weighted by Crippen LogP contribution is -2.33. The summed E-state index contributed by atoms with van der Waals surface area (Å²) >= 11 is 13.8. The normalized spacial score (nSPS) is 13.1. The van der Waals surface area contributed by atoms with Gasteiger partial charge in [-0.3, -0.25) is 9.36 Å². The topological polar surface area (TPSA) is 59.8 Å². The van der Waals surface area contributed by atoms with Crippen molar-refractivity contribution in [3.63, 3.8) is 0 Å². The molecule has 0 aliphatic heterocycles. The number of carbonyl (C=O) groups is 1. The highest BCUT2D eigenvalue weighted by Crippen LogP contribution is 2.30. The van der Waals surface area contributed by atoms with Gasteiger partial charge in [0.05, 0.1) is 11.7 Å². The van der Waals surface area contributed by atoms with E-state index >= 15 is 0 Å². The minimum Gasteiger partial charge on any atom is -0.345 e. The van der Waals surface area contributed by atoms with Crippen molar-refractivity contribution in [1.29, 1.82) is 0 Å². The summed E-state index contributed by atoms with van der Waals surface area (Å²) < 4.78 is 1.96. The first-order chi connectivity index (χ1) is 13.9. The number of aryl methyl sites for hydroxylation is 1. The Balaban J connectivity index is 1.99. The number of nitrogens with one attached hydrogen (secondary N) is 1. The summed E-state index contributed by atoms with van der Waals surface area (Å²) in [4.78, 5) is 12.1. The van der Waals surface area contributed by atoms with Crippen LogP contribution in [0.25, 0.3) is 5.69 Å². The molecule has 1 heterocycles. The minimum atomic E-state index is -0.631. The van der Waals surface area contributed by atoms with Crippen LogP contribution in [-0.2, 0) is 10.5 Å². The van der Waals surface area contributed by atoms with Crippen molar-refractivity contribution < 1.29 is 4.79 Å². The van der Waals surface area contributed by atoms with Crippen LogP contribution in [0.5, 0.6) is 0 Å². The maximum atomic E-state index is 12.1. The summed E-state index contributed by atoms with van der Waals surface area (Å²) in [5, 5.41) is 12.4. The fourth-order valence-corrected chi connectivity index (χ4v) is 3.96. The lowest BCUT2D eigenvalue weighted by atomic mass is 10.2. The average molecular weight is 449 g/mol. The van der Waals surface area contributed by atoms with Crippen molar-refractivity contribution in [2.75, 3.05) is 0 Å². The zero-order valence-corrected chi connectivity index (χ0v) is 18.7. The maximum Gasteiger partial charge on any atom is 0.238 e. The molecule has 1 N–H and O–H groups in total. The van der Waals surface area contributed by atoms with Crippen LogP contribution >= 0.6 is 35.0 Å². The predicted molar refractivity (Wildman–Crippen MR) is 119 cm³/mol. The molecule has 0 aliphatic rings. The number of aromatic nitrogens is 3. The monoisotopic (exact) mass is 448 g/mol. The van der Waals surface area contributed by atoms with E-state index in [0.29, 0.717) is 10.8 Å². The Morgan fingerprint density at radius 3 is 2.59 bits per heavy atom. The Bertz CT molecular complexity index is 992. The third-order valence-corrected chi connectivity index (χ3v) is 5.82. The minimum absolute atomic E-state index is 0.255. The number of halogens is 2. The number of benzene rings is 2. The molecule has 0 bridgehead atoms. The van der Waals surface area contributed by atoms with Gasteiger partial charge in [-0.05, 0) is 44.0 Å². The Kier molecular flexibility index (Phi) is 7.22. The average Bonchev–Trinajstić information content (AvgIpc) is 3.12. The molecule has 5 nitrogen and oxygen atoms in total. The largest absolute Gasteiger partial charge is 0.345 e. The van der Waals surface area contributed by atoms with E-state index in [0.717, 1.165) is 22.2 Å². The third kappa shape index (κ3) is 5.32. The van der Waals surface area contributed by atoms with Crippen LogP contribution in [0.15, 0.2) is 53.7 Å². The fraction of sp³-hybridized carbons (Fsp3) is 0.286. The molecule has 0 saturated heterocycles. The number of rotatable bonds is 7. The Hall–Kier alpha value is -2.02. The van der Waals surface area contributed by atoms with Crippen molar-refractivity contribution in [1.82, 2.24) is 20.1 Å². The molecule has 2 aromatic carbocycles. The number of amides is 1. The first kappa shape index (κ1) is 21.7. The predicted octanol–water partition coefficient (Wildman–Crippen LogP) is 5.33. The Morgan fingerprint density at radius 2 is 1.90 bits per heavy atom. The highest BCUT2D eigenvalue weighted by atomic mass is 35.5. The second-order valence-electron chi connectivity index (χ2n) is 6.73. The van der Waals surface area contributed by atoms with E-state index in [9.17, 15) is 4.79 Å². The van der Waals surface area contributed by atoms with E-state index < -0.39 is 5.38 Å². The molecule has 1 amide bonds. The number of alkyl halides is 1. The molecular weight excluding hydrogens is 427 g/mol.